The minimum Gasteiger partial charge on any atom is -0.366 e. The van der Waals surface area contributed by atoms with Crippen LogP contribution in [0.3, 0.4) is 0 Å². The van der Waals surface area contributed by atoms with E-state index in [1.807, 2.05) is 0 Å². The van der Waals surface area contributed by atoms with Crippen LogP contribution in [0.1, 0.15) is 27.2 Å². The number of hydrogen-bond donors (Lipinski definition) is 1. The molecule has 0 atom stereocenters. The Morgan fingerprint density at radius 3 is 2.52 bits per heavy atom. The van der Waals surface area contributed by atoms with Gasteiger partial charge in [-0.2, -0.15) is 13.2 Å². The first kappa shape index (κ1) is 15.0. The number of pyridine rings is 2. The molecule has 0 amide bonds. The summed E-state index contributed by atoms with van der Waals surface area (Å²) in [6, 6.07) is 3.97. The van der Waals surface area contributed by atoms with Crippen molar-refractivity contribution in [2.45, 2.75) is 19.6 Å². The van der Waals surface area contributed by atoms with Gasteiger partial charge in [-0.1, -0.05) is 6.07 Å². The number of nitrogens with one attached hydrogen (secondary N) is 1. The number of aldehydes is 1. The molecule has 0 aromatic carbocycles. The van der Waals surface area contributed by atoms with Gasteiger partial charge in [-0.15, -0.1) is 0 Å². The molecule has 4 nitrogen and oxygen atoms in total. The summed E-state index contributed by atoms with van der Waals surface area (Å²) in [6.45, 7) is 2.08. The van der Waals surface area contributed by atoms with Crippen LogP contribution in [0.15, 0.2) is 30.6 Å². The Labute approximate surface area is 119 Å². The second kappa shape index (κ2) is 5.90. The second-order valence-corrected chi connectivity index (χ2v) is 4.46. The topological polar surface area (TPSA) is 54.9 Å². The third-order valence-electron chi connectivity index (χ3n) is 2.81. The van der Waals surface area contributed by atoms with Crippen LogP contribution in [0.5, 0.6) is 0 Å². The van der Waals surface area contributed by atoms with Crippen molar-refractivity contribution in [3.05, 3.63) is 53.0 Å². The zero-order chi connectivity index (χ0) is 15.5. The summed E-state index contributed by atoms with van der Waals surface area (Å²) in [4.78, 5) is 18.1. The SMILES string of the molecule is Cc1cc(C=O)cnc1NCc1ccc(C(F)(F)F)nc1. The third kappa shape index (κ3) is 3.77. The average molecular weight is 295 g/mol. The molecule has 7 heteroatoms. The molecular formula is C14H12F3N3O. The van der Waals surface area contributed by atoms with E-state index in [0.29, 0.717) is 29.8 Å². The molecule has 0 saturated heterocycles. The van der Waals surface area contributed by atoms with Crippen LogP contribution in [0.2, 0.25) is 0 Å². The van der Waals surface area contributed by atoms with Gasteiger partial charge in [0.25, 0.3) is 0 Å². The fraction of sp³-hybridized carbons (Fsp3) is 0.214. The van der Waals surface area contributed by atoms with E-state index in [0.717, 1.165) is 11.6 Å². The summed E-state index contributed by atoms with van der Waals surface area (Å²) >= 11 is 0. The van der Waals surface area contributed by atoms with Crippen LogP contribution in [0, 0.1) is 6.92 Å². The van der Waals surface area contributed by atoms with Crippen molar-refractivity contribution in [3.8, 4) is 0 Å². The van der Waals surface area contributed by atoms with Crippen LogP contribution in [-0.2, 0) is 12.7 Å². The summed E-state index contributed by atoms with van der Waals surface area (Å²) in [7, 11) is 0. The number of aryl methyl sites for hydroxylation is 1. The summed E-state index contributed by atoms with van der Waals surface area (Å²) in [5, 5.41) is 2.99. The maximum atomic E-state index is 12.4. The first-order valence-corrected chi connectivity index (χ1v) is 6.08. The predicted octanol–water partition coefficient (Wildman–Crippen LogP) is 3.23. The van der Waals surface area contributed by atoms with Gasteiger partial charge in [0.1, 0.15) is 11.5 Å². The molecule has 2 aromatic heterocycles. The third-order valence-corrected chi connectivity index (χ3v) is 2.81. The Kier molecular flexibility index (Phi) is 4.21. The van der Waals surface area contributed by atoms with Crippen LogP contribution in [0.25, 0.3) is 0 Å². The normalized spacial score (nSPS) is 11.2. The van der Waals surface area contributed by atoms with E-state index in [2.05, 4.69) is 15.3 Å². The molecule has 0 aliphatic rings. The van der Waals surface area contributed by atoms with E-state index in [4.69, 9.17) is 0 Å². The molecule has 0 bridgehead atoms. The number of nitrogens with zero attached hydrogens (tertiary/aromatic N) is 2. The van der Waals surface area contributed by atoms with Gasteiger partial charge in [-0.3, -0.25) is 9.78 Å². The summed E-state index contributed by atoms with van der Waals surface area (Å²) in [5.41, 5.74) is 0.924. The summed E-state index contributed by atoms with van der Waals surface area (Å²) < 4.78 is 37.1. The molecule has 110 valence electrons. The molecule has 2 rings (SSSR count). The number of hydrogen-bond acceptors (Lipinski definition) is 4. The molecule has 0 spiro atoms. The van der Waals surface area contributed by atoms with Crippen LogP contribution >= 0.6 is 0 Å². The largest absolute Gasteiger partial charge is 0.433 e. The van der Waals surface area contributed by atoms with Crippen LogP contribution < -0.4 is 5.32 Å². The lowest BCUT2D eigenvalue weighted by Crippen LogP contribution is -2.09. The number of rotatable bonds is 4. The Morgan fingerprint density at radius 2 is 2.00 bits per heavy atom. The molecule has 0 saturated carbocycles. The average Bonchev–Trinajstić information content (AvgIpc) is 2.45. The highest BCUT2D eigenvalue weighted by atomic mass is 19.4. The minimum atomic E-state index is -4.44. The number of halogens is 3. The lowest BCUT2D eigenvalue weighted by molar-refractivity contribution is -0.141. The highest BCUT2D eigenvalue weighted by molar-refractivity contribution is 5.75. The molecule has 0 radical (unpaired) electrons. The predicted molar refractivity (Wildman–Crippen MR) is 70.9 cm³/mol. The van der Waals surface area contributed by atoms with Crippen molar-refractivity contribution < 1.29 is 18.0 Å². The molecule has 0 aliphatic carbocycles. The van der Waals surface area contributed by atoms with E-state index < -0.39 is 11.9 Å². The molecule has 2 heterocycles. The van der Waals surface area contributed by atoms with Crippen molar-refractivity contribution in [2.24, 2.45) is 0 Å². The quantitative estimate of drug-likeness (QED) is 0.880. The van der Waals surface area contributed by atoms with Crippen molar-refractivity contribution >= 4 is 12.1 Å². The zero-order valence-electron chi connectivity index (χ0n) is 11.1. The van der Waals surface area contributed by atoms with Crippen molar-refractivity contribution in [2.75, 3.05) is 5.32 Å². The second-order valence-electron chi connectivity index (χ2n) is 4.46. The zero-order valence-corrected chi connectivity index (χ0v) is 11.1. The van der Waals surface area contributed by atoms with Gasteiger partial charge in [0.05, 0.1) is 0 Å². The van der Waals surface area contributed by atoms with Gasteiger partial charge in [0, 0.05) is 24.5 Å². The smallest absolute Gasteiger partial charge is 0.366 e. The lowest BCUT2D eigenvalue weighted by atomic mass is 10.2. The van der Waals surface area contributed by atoms with Gasteiger partial charge >= 0.3 is 6.18 Å². The molecule has 0 aliphatic heterocycles. The van der Waals surface area contributed by atoms with Crippen molar-refractivity contribution in [1.29, 1.82) is 0 Å². The molecule has 0 fully saturated rings. The van der Waals surface area contributed by atoms with Gasteiger partial charge in [0.2, 0.25) is 0 Å². The summed E-state index contributed by atoms with van der Waals surface area (Å²) in [5.74, 6) is 0.570. The van der Waals surface area contributed by atoms with E-state index in [1.165, 1.54) is 18.5 Å². The molecule has 2 aromatic rings. The highest BCUT2D eigenvalue weighted by Crippen LogP contribution is 2.27. The highest BCUT2D eigenvalue weighted by Gasteiger charge is 2.31. The van der Waals surface area contributed by atoms with Crippen molar-refractivity contribution in [1.82, 2.24) is 9.97 Å². The van der Waals surface area contributed by atoms with Gasteiger partial charge in [-0.25, -0.2) is 4.98 Å². The number of alkyl halides is 3. The Hall–Kier alpha value is -2.44. The molecule has 0 unspecified atom stereocenters. The monoisotopic (exact) mass is 295 g/mol. The fourth-order valence-electron chi connectivity index (χ4n) is 1.73. The number of carbonyl (C=O) groups excluding carboxylic acids is 1. The van der Waals surface area contributed by atoms with Gasteiger partial charge in [-0.05, 0) is 30.2 Å². The minimum absolute atomic E-state index is 0.291. The number of aromatic nitrogens is 2. The number of anilines is 1. The Bertz CT molecular complexity index is 639. The standard InChI is InChI=1S/C14H12F3N3O/c1-9-4-11(8-21)7-20-13(9)19-6-10-2-3-12(18-5-10)14(15,16)17/h2-5,7-8H,6H2,1H3,(H,19,20). The van der Waals surface area contributed by atoms with E-state index >= 15 is 0 Å². The molecular weight excluding hydrogens is 283 g/mol. The van der Waals surface area contributed by atoms with E-state index in [9.17, 15) is 18.0 Å². The Balaban J connectivity index is 2.05. The molecule has 21 heavy (non-hydrogen) atoms. The maximum Gasteiger partial charge on any atom is 0.433 e. The van der Waals surface area contributed by atoms with Crippen molar-refractivity contribution in [3.63, 3.8) is 0 Å². The number of carbonyl (C=O) groups is 1. The first-order valence-electron chi connectivity index (χ1n) is 6.08. The van der Waals surface area contributed by atoms with Crippen LogP contribution in [-0.4, -0.2) is 16.3 Å². The van der Waals surface area contributed by atoms with E-state index in [1.54, 1.807) is 13.0 Å². The first-order chi connectivity index (χ1) is 9.90. The molecule has 1 N–H and O–H groups in total. The summed E-state index contributed by atoms with van der Waals surface area (Å²) in [6.07, 6.45) is -1.14. The van der Waals surface area contributed by atoms with Crippen LogP contribution in [0.4, 0.5) is 19.0 Å². The van der Waals surface area contributed by atoms with Gasteiger partial charge in [0.15, 0.2) is 6.29 Å². The van der Waals surface area contributed by atoms with E-state index in [-0.39, 0.29) is 0 Å². The lowest BCUT2D eigenvalue weighted by Gasteiger charge is -2.10. The van der Waals surface area contributed by atoms with Gasteiger partial charge < -0.3 is 5.32 Å². The fourth-order valence-corrected chi connectivity index (χ4v) is 1.73. The Morgan fingerprint density at radius 1 is 1.24 bits per heavy atom. The maximum absolute atomic E-state index is 12.4.